The van der Waals surface area contributed by atoms with Crippen molar-refractivity contribution in [2.75, 3.05) is 13.2 Å². The van der Waals surface area contributed by atoms with E-state index in [2.05, 4.69) is 72.9 Å². The lowest BCUT2D eigenvalue weighted by molar-refractivity contribution is -0.134. The van der Waals surface area contributed by atoms with Crippen molar-refractivity contribution < 1.29 is 24.5 Å². The summed E-state index contributed by atoms with van der Waals surface area (Å²) in [5.41, 5.74) is 2.74. The van der Waals surface area contributed by atoms with Gasteiger partial charge in [-0.05, 0) is 43.1 Å². The number of carbonyl (C=O) groups is 2. The average molecular weight is 462 g/mol. The zero-order valence-electron chi connectivity index (χ0n) is 19.2. The fourth-order valence-electron chi connectivity index (χ4n) is 3.31. The Labute approximate surface area is 200 Å². The lowest BCUT2D eigenvalue weighted by Crippen LogP contribution is -2.33. The Hall–Kier alpha value is -3.90. The molecule has 3 rings (SSSR count). The molecular weight excluding hydrogens is 430 g/mol. The molecule has 0 amide bonds. The quantitative estimate of drug-likeness (QED) is 0.349. The van der Waals surface area contributed by atoms with Gasteiger partial charge in [-0.15, -0.1) is 0 Å². The highest BCUT2D eigenvalue weighted by Gasteiger charge is 2.14. The summed E-state index contributed by atoms with van der Waals surface area (Å²) >= 11 is 0. The number of hydrogen-bond acceptors (Lipinski definition) is 4. The van der Waals surface area contributed by atoms with Crippen LogP contribution in [0.15, 0.2) is 103 Å². The van der Waals surface area contributed by atoms with Crippen LogP contribution in [0.1, 0.15) is 30.4 Å². The van der Waals surface area contributed by atoms with Gasteiger partial charge in [0.2, 0.25) is 0 Å². The molecular formula is C28H31NO5. The molecule has 0 bridgehead atoms. The Balaban J connectivity index is 0.000000440. The second-order valence-electron chi connectivity index (χ2n) is 7.65. The van der Waals surface area contributed by atoms with E-state index in [1.54, 1.807) is 0 Å². The third-order valence-electron chi connectivity index (χ3n) is 4.94. The Morgan fingerprint density at radius 2 is 1.24 bits per heavy atom. The smallest absolute Gasteiger partial charge is 0.328 e. The number of hydrogen-bond donors (Lipinski definition) is 3. The number of carboxylic acid groups (broad SMARTS) is 2. The molecule has 0 aliphatic carbocycles. The van der Waals surface area contributed by atoms with Crippen LogP contribution < -0.4 is 10.1 Å². The normalized spacial score (nSPS) is 11.5. The summed E-state index contributed by atoms with van der Waals surface area (Å²) in [6.45, 7) is 3.79. The summed E-state index contributed by atoms with van der Waals surface area (Å²) in [5.74, 6) is -1.18. The minimum Gasteiger partial charge on any atom is -0.492 e. The molecule has 0 saturated heterocycles. The average Bonchev–Trinajstić information content (AvgIpc) is 2.86. The van der Waals surface area contributed by atoms with Gasteiger partial charge in [0.25, 0.3) is 0 Å². The van der Waals surface area contributed by atoms with Crippen LogP contribution in [0.25, 0.3) is 0 Å². The molecule has 0 aliphatic heterocycles. The first kappa shape index (κ1) is 26.4. The molecule has 6 heteroatoms. The van der Waals surface area contributed by atoms with Crippen molar-refractivity contribution >= 4 is 11.9 Å². The molecule has 1 unspecified atom stereocenters. The molecule has 178 valence electrons. The minimum atomic E-state index is -1.26. The number of nitrogens with one attached hydrogen (secondary N) is 1. The first-order chi connectivity index (χ1) is 16.5. The van der Waals surface area contributed by atoms with Gasteiger partial charge in [-0.2, -0.15) is 0 Å². The molecule has 0 fully saturated rings. The molecule has 1 atom stereocenters. The standard InChI is InChI=1S/C24H27NO.C4H4O4/c1-20(19-26-23-15-9-4-10-16-23)25-18-17-24(21-11-5-2-6-12-21)22-13-7-3-8-14-22;5-3(6)1-2-4(7)8/h2-16,20,24-25H,17-19H2,1H3;1-2H,(H,5,6)(H,7,8)/b;2-1+. The van der Waals surface area contributed by atoms with Crippen LogP contribution in [0, 0.1) is 0 Å². The van der Waals surface area contributed by atoms with Gasteiger partial charge in [0, 0.05) is 24.1 Å². The number of aliphatic carboxylic acids is 2. The Morgan fingerprint density at radius 1 is 0.794 bits per heavy atom. The highest BCUT2D eigenvalue weighted by Crippen LogP contribution is 2.27. The summed E-state index contributed by atoms with van der Waals surface area (Å²) in [4.78, 5) is 19.1. The molecule has 0 aliphatic rings. The highest BCUT2D eigenvalue weighted by molar-refractivity contribution is 5.89. The molecule has 3 N–H and O–H groups in total. The maximum Gasteiger partial charge on any atom is 0.328 e. The second kappa shape index (κ2) is 15.0. The molecule has 34 heavy (non-hydrogen) atoms. The van der Waals surface area contributed by atoms with E-state index in [9.17, 15) is 9.59 Å². The van der Waals surface area contributed by atoms with Gasteiger partial charge in [-0.3, -0.25) is 0 Å². The SMILES string of the molecule is CC(COc1ccccc1)NCCC(c1ccccc1)c1ccccc1.O=C(O)/C=C/C(=O)O. The van der Waals surface area contributed by atoms with Crippen LogP contribution >= 0.6 is 0 Å². The molecule has 0 heterocycles. The van der Waals surface area contributed by atoms with Crippen molar-refractivity contribution in [2.24, 2.45) is 0 Å². The number of carboxylic acids is 2. The van der Waals surface area contributed by atoms with Crippen LogP contribution in [-0.2, 0) is 9.59 Å². The summed E-state index contributed by atoms with van der Waals surface area (Å²) in [6.07, 6.45) is 2.17. The van der Waals surface area contributed by atoms with Gasteiger partial charge < -0.3 is 20.3 Å². The lowest BCUT2D eigenvalue weighted by Gasteiger charge is -2.20. The molecule has 3 aromatic rings. The third kappa shape index (κ3) is 10.6. The van der Waals surface area contributed by atoms with Crippen molar-refractivity contribution in [3.8, 4) is 5.75 Å². The monoisotopic (exact) mass is 461 g/mol. The van der Waals surface area contributed by atoms with Gasteiger partial charge in [0.05, 0.1) is 0 Å². The van der Waals surface area contributed by atoms with Crippen LogP contribution in [0.2, 0.25) is 0 Å². The molecule has 0 spiro atoms. The zero-order valence-corrected chi connectivity index (χ0v) is 19.2. The Kier molecular flexibility index (Phi) is 11.6. The number of para-hydroxylation sites is 1. The van der Waals surface area contributed by atoms with Gasteiger partial charge >= 0.3 is 11.9 Å². The van der Waals surface area contributed by atoms with Crippen molar-refractivity contribution in [3.05, 3.63) is 114 Å². The summed E-state index contributed by atoms with van der Waals surface area (Å²) in [7, 11) is 0. The van der Waals surface area contributed by atoms with E-state index >= 15 is 0 Å². The van der Waals surface area contributed by atoms with Crippen molar-refractivity contribution in [2.45, 2.75) is 25.3 Å². The van der Waals surface area contributed by atoms with Gasteiger partial charge in [0.1, 0.15) is 12.4 Å². The van der Waals surface area contributed by atoms with E-state index in [1.807, 2.05) is 30.3 Å². The van der Waals surface area contributed by atoms with Gasteiger partial charge in [-0.25, -0.2) is 9.59 Å². The van der Waals surface area contributed by atoms with Crippen molar-refractivity contribution in [1.29, 1.82) is 0 Å². The summed E-state index contributed by atoms with van der Waals surface area (Å²) < 4.78 is 5.83. The molecule has 0 saturated carbocycles. The number of rotatable bonds is 11. The topological polar surface area (TPSA) is 95.9 Å². The molecule has 6 nitrogen and oxygen atoms in total. The third-order valence-corrected chi connectivity index (χ3v) is 4.94. The molecule has 0 aromatic heterocycles. The second-order valence-corrected chi connectivity index (χ2v) is 7.65. The van der Waals surface area contributed by atoms with Crippen LogP contribution in [0.4, 0.5) is 0 Å². The first-order valence-electron chi connectivity index (χ1n) is 11.1. The maximum absolute atomic E-state index is 9.55. The highest BCUT2D eigenvalue weighted by atomic mass is 16.5. The Bertz CT molecular complexity index is 951. The Morgan fingerprint density at radius 3 is 1.68 bits per heavy atom. The van der Waals surface area contributed by atoms with Gasteiger partial charge in [0.15, 0.2) is 0 Å². The number of benzene rings is 3. The van der Waals surface area contributed by atoms with Crippen LogP contribution in [0.3, 0.4) is 0 Å². The van der Waals surface area contributed by atoms with E-state index in [0.29, 0.717) is 30.7 Å². The fraction of sp³-hybridized carbons (Fsp3) is 0.214. The first-order valence-corrected chi connectivity index (χ1v) is 11.1. The van der Waals surface area contributed by atoms with E-state index in [1.165, 1.54) is 11.1 Å². The van der Waals surface area contributed by atoms with Crippen LogP contribution in [0.5, 0.6) is 5.75 Å². The maximum atomic E-state index is 9.55. The largest absolute Gasteiger partial charge is 0.492 e. The molecule has 0 radical (unpaired) electrons. The lowest BCUT2D eigenvalue weighted by atomic mass is 9.88. The van der Waals surface area contributed by atoms with Crippen LogP contribution in [-0.4, -0.2) is 41.3 Å². The molecule has 3 aromatic carbocycles. The predicted octanol–water partition coefficient (Wildman–Crippen LogP) is 4.98. The van der Waals surface area contributed by atoms with E-state index in [-0.39, 0.29) is 0 Å². The summed E-state index contributed by atoms with van der Waals surface area (Å²) in [5, 5.41) is 19.2. The van der Waals surface area contributed by atoms with Crippen molar-refractivity contribution in [1.82, 2.24) is 5.32 Å². The fourth-order valence-corrected chi connectivity index (χ4v) is 3.31. The van der Waals surface area contributed by atoms with E-state index < -0.39 is 11.9 Å². The zero-order chi connectivity index (χ0) is 24.6. The van der Waals surface area contributed by atoms with E-state index in [0.717, 1.165) is 18.7 Å². The number of ether oxygens (including phenoxy) is 1. The van der Waals surface area contributed by atoms with Crippen molar-refractivity contribution in [3.63, 3.8) is 0 Å². The van der Waals surface area contributed by atoms with Gasteiger partial charge in [-0.1, -0.05) is 78.9 Å². The predicted molar refractivity (Wildman–Crippen MR) is 133 cm³/mol. The minimum absolute atomic E-state index is 0.308. The van der Waals surface area contributed by atoms with E-state index in [4.69, 9.17) is 14.9 Å². The summed E-state index contributed by atoms with van der Waals surface area (Å²) in [6, 6.07) is 31.8.